The fourth-order valence-electron chi connectivity index (χ4n) is 4.16. The Morgan fingerprint density at radius 2 is 1.83 bits per heavy atom. The van der Waals surface area contributed by atoms with Crippen LogP contribution in [-0.2, 0) is 20.3 Å². The molecule has 29 heavy (non-hydrogen) atoms. The zero-order valence-electron chi connectivity index (χ0n) is 17.7. The van der Waals surface area contributed by atoms with E-state index in [-0.39, 0.29) is 15.8 Å². The lowest BCUT2D eigenvalue weighted by molar-refractivity contribution is 0.0730. The van der Waals surface area contributed by atoms with Crippen molar-refractivity contribution in [3.63, 3.8) is 0 Å². The van der Waals surface area contributed by atoms with E-state index in [1.165, 1.54) is 4.31 Å². The van der Waals surface area contributed by atoms with E-state index in [4.69, 9.17) is 17.0 Å². The van der Waals surface area contributed by atoms with Gasteiger partial charge in [-0.2, -0.15) is 9.40 Å². The standard InChI is InChI=1S/C20H30N4O3S2/c1-19(2,3)14-20(4,5)24-17(21-22-18(24)28)15-7-6-8-16(13-15)29(25,26)23-9-11-27-12-10-23/h6-8,13H,9-12,14H2,1-5H3,(H,22,28). The predicted octanol–water partition coefficient (Wildman–Crippen LogP) is 3.80. The molecule has 0 aliphatic carbocycles. The SMILES string of the molecule is CC(C)(C)CC(C)(C)n1c(-c2cccc(S(=O)(=O)N3CCOCC3)c2)n[nH]c1=S. The van der Waals surface area contributed by atoms with E-state index in [0.29, 0.717) is 42.5 Å². The van der Waals surface area contributed by atoms with Crippen LogP contribution in [0.25, 0.3) is 11.4 Å². The van der Waals surface area contributed by atoms with Crippen molar-refractivity contribution < 1.29 is 13.2 Å². The molecule has 1 saturated heterocycles. The Morgan fingerprint density at radius 1 is 1.17 bits per heavy atom. The Labute approximate surface area is 178 Å². The van der Waals surface area contributed by atoms with Gasteiger partial charge in [0.05, 0.1) is 18.1 Å². The second-order valence-corrected chi connectivity index (χ2v) is 11.6. The molecule has 1 aliphatic heterocycles. The average molecular weight is 439 g/mol. The number of morpholine rings is 1. The van der Waals surface area contributed by atoms with Gasteiger partial charge >= 0.3 is 0 Å². The molecule has 0 bridgehead atoms. The maximum atomic E-state index is 13.1. The summed E-state index contributed by atoms with van der Waals surface area (Å²) in [5, 5.41) is 7.32. The van der Waals surface area contributed by atoms with Crippen molar-refractivity contribution in [2.75, 3.05) is 26.3 Å². The number of H-pyrrole nitrogens is 1. The van der Waals surface area contributed by atoms with Crippen molar-refractivity contribution in [2.24, 2.45) is 5.41 Å². The van der Waals surface area contributed by atoms with Crippen molar-refractivity contribution in [3.8, 4) is 11.4 Å². The fraction of sp³-hybridized carbons (Fsp3) is 0.600. The lowest BCUT2D eigenvalue weighted by atomic mass is 9.81. The average Bonchev–Trinajstić information content (AvgIpc) is 3.03. The van der Waals surface area contributed by atoms with Crippen molar-refractivity contribution in [2.45, 2.75) is 51.5 Å². The van der Waals surface area contributed by atoms with Crippen LogP contribution in [0, 0.1) is 10.2 Å². The summed E-state index contributed by atoms with van der Waals surface area (Å²) in [6.45, 7) is 12.4. The molecule has 3 rings (SSSR count). The number of nitrogens with zero attached hydrogens (tertiary/aromatic N) is 3. The maximum absolute atomic E-state index is 13.1. The van der Waals surface area contributed by atoms with Gasteiger partial charge in [-0.1, -0.05) is 32.9 Å². The van der Waals surface area contributed by atoms with Gasteiger partial charge in [0, 0.05) is 24.2 Å². The lowest BCUT2D eigenvalue weighted by Gasteiger charge is -2.34. The number of hydrogen-bond acceptors (Lipinski definition) is 5. The Hall–Kier alpha value is -1.55. The third-order valence-corrected chi connectivity index (χ3v) is 7.11. The molecule has 2 heterocycles. The van der Waals surface area contributed by atoms with Gasteiger partial charge in [-0.05, 0) is 50.0 Å². The highest BCUT2D eigenvalue weighted by Crippen LogP contribution is 2.35. The maximum Gasteiger partial charge on any atom is 0.243 e. The van der Waals surface area contributed by atoms with E-state index < -0.39 is 10.0 Å². The zero-order valence-corrected chi connectivity index (χ0v) is 19.4. The topological polar surface area (TPSA) is 80.2 Å². The van der Waals surface area contributed by atoms with Gasteiger partial charge in [0.1, 0.15) is 0 Å². The summed E-state index contributed by atoms with van der Waals surface area (Å²) in [6, 6.07) is 6.92. The molecule has 0 spiro atoms. The van der Waals surface area contributed by atoms with Crippen LogP contribution in [0.15, 0.2) is 29.2 Å². The van der Waals surface area contributed by atoms with Crippen LogP contribution in [0.1, 0.15) is 41.0 Å². The Balaban J connectivity index is 2.04. The van der Waals surface area contributed by atoms with Crippen LogP contribution in [0.4, 0.5) is 0 Å². The quantitative estimate of drug-likeness (QED) is 0.718. The minimum atomic E-state index is -3.58. The first-order chi connectivity index (χ1) is 13.4. The van der Waals surface area contributed by atoms with Crippen molar-refractivity contribution in [1.82, 2.24) is 19.1 Å². The largest absolute Gasteiger partial charge is 0.379 e. The zero-order chi connectivity index (χ0) is 21.4. The molecule has 9 heteroatoms. The van der Waals surface area contributed by atoms with Crippen LogP contribution in [-0.4, -0.2) is 53.8 Å². The van der Waals surface area contributed by atoms with Crippen LogP contribution in [0.2, 0.25) is 0 Å². The molecule has 0 amide bonds. The Bertz CT molecular complexity index is 1030. The fourth-order valence-corrected chi connectivity index (χ4v) is 5.99. The summed E-state index contributed by atoms with van der Waals surface area (Å²) in [4.78, 5) is 0.256. The molecular formula is C20H30N4O3S2. The molecule has 7 nitrogen and oxygen atoms in total. The van der Waals surface area contributed by atoms with Crippen LogP contribution >= 0.6 is 12.2 Å². The highest BCUT2D eigenvalue weighted by Gasteiger charge is 2.31. The van der Waals surface area contributed by atoms with Gasteiger partial charge < -0.3 is 4.74 Å². The highest BCUT2D eigenvalue weighted by molar-refractivity contribution is 7.89. The van der Waals surface area contributed by atoms with Gasteiger partial charge in [0.2, 0.25) is 10.0 Å². The minimum Gasteiger partial charge on any atom is -0.379 e. The van der Waals surface area contributed by atoms with Gasteiger partial charge in [-0.3, -0.25) is 9.67 Å². The smallest absolute Gasteiger partial charge is 0.243 e. The summed E-state index contributed by atoms with van der Waals surface area (Å²) in [6.07, 6.45) is 0.882. The summed E-state index contributed by atoms with van der Waals surface area (Å²) in [5.74, 6) is 0.642. The molecule has 0 saturated carbocycles. The molecule has 1 N–H and O–H groups in total. The summed E-state index contributed by atoms with van der Waals surface area (Å²) >= 11 is 5.52. The number of sulfonamides is 1. The number of nitrogens with one attached hydrogen (secondary N) is 1. The number of aromatic nitrogens is 3. The number of rotatable bonds is 5. The molecule has 1 aliphatic rings. The van der Waals surface area contributed by atoms with Gasteiger partial charge in [0.15, 0.2) is 10.6 Å². The van der Waals surface area contributed by atoms with E-state index in [1.807, 2.05) is 10.6 Å². The molecular weight excluding hydrogens is 408 g/mol. The van der Waals surface area contributed by atoms with Crippen molar-refractivity contribution in [1.29, 1.82) is 0 Å². The normalized spacial score (nSPS) is 16.9. The second-order valence-electron chi connectivity index (χ2n) is 9.28. The van der Waals surface area contributed by atoms with Crippen molar-refractivity contribution >= 4 is 22.2 Å². The summed E-state index contributed by atoms with van der Waals surface area (Å²) in [5.41, 5.74) is 0.513. The summed E-state index contributed by atoms with van der Waals surface area (Å²) < 4.78 is 35.4. The predicted molar refractivity (Wildman–Crippen MR) is 116 cm³/mol. The van der Waals surface area contributed by atoms with Gasteiger partial charge in [-0.25, -0.2) is 8.42 Å². The van der Waals surface area contributed by atoms with E-state index in [0.717, 1.165) is 6.42 Å². The number of ether oxygens (including phenoxy) is 1. The molecule has 160 valence electrons. The highest BCUT2D eigenvalue weighted by atomic mass is 32.2. The van der Waals surface area contributed by atoms with Gasteiger partial charge in [0.25, 0.3) is 0 Å². The van der Waals surface area contributed by atoms with Crippen LogP contribution in [0.3, 0.4) is 0 Å². The second kappa shape index (κ2) is 7.94. The third-order valence-electron chi connectivity index (χ3n) is 4.94. The van der Waals surface area contributed by atoms with E-state index >= 15 is 0 Å². The molecule has 1 fully saturated rings. The monoisotopic (exact) mass is 438 g/mol. The van der Waals surface area contributed by atoms with Crippen LogP contribution in [0.5, 0.6) is 0 Å². The van der Waals surface area contributed by atoms with E-state index in [1.54, 1.807) is 18.2 Å². The number of benzene rings is 1. The molecule has 1 aromatic carbocycles. The molecule has 0 radical (unpaired) electrons. The molecule has 0 unspecified atom stereocenters. The Morgan fingerprint density at radius 3 is 2.45 bits per heavy atom. The minimum absolute atomic E-state index is 0.0916. The number of aromatic amines is 1. The van der Waals surface area contributed by atoms with Gasteiger partial charge in [-0.15, -0.1) is 0 Å². The van der Waals surface area contributed by atoms with Crippen LogP contribution < -0.4 is 0 Å². The van der Waals surface area contributed by atoms with E-state index in [2.05, 4.69) is 44.8 Å². The number of hydrogen-bond donors (Lipinski definition) is 1. The molecule has 1 aromatic heterocycles. The first-order valence-corrected chi connectivity index (χ1v) is 11.6. The molecule has 2 aromatic rings. The lowest BCUT2D eigenvalue weighted by Crippen LogP contribution is -2.40. The summed E-state index contributed by atoms with van der Waals surface area (Å²) in [7, 11) is -3.58. The third kappa shape index (κ3) is 4.79. The molecule has 0 atom stereocenters. The first-order valence-electron chi connectivity index (χ1n) is 9.78. The Kier molecular flexibility index (Phi) is 6.06. The van der Waals surface area contributed by atoms with Crippen molar-refractivity contribution in [3.05, 3.63) is 29.0 Å². The first kappa shape index (κ1) is 22.1. The van der Waals surface area contributed by atoms with E-state index in [9.17, 15) is 8.42 Å².